The van der Waals surface area contributed by atoms with E-state index < -0.39 is 9.28 Å². The van der Waals surface area contributed by atoms with E-state index in [0.29, 0.717) is 5.56 Å². The highest BCUT2D eigenvalue weighted by Gasteiger charge is 2.24. The summed E-state index contributed by atoms with van der Waals surface area (Å²) in [6.07, 6.45) is 3.09. The molecule has 6 heteroatoms. The van der Waals surface area contributed by atoms with E-state index in [2.05, 4.69) is 4.98 Å². The second kappa shape index (κ2) is 6.36. The molecule has 16 heavy (non-hydrogen) atoms. The summed E-state index contributed by atoms with van der Waals surface area (Å²) in [7, 11) is 1.18. The van der Waals surface area contributed by atoms with Crippen molar-refractivity contribution in [2.45, 2.75) is 12.7 Å². The molecule has 0 saturated heterocycles. The van der Waals surface area contributed by atoms with E-state index in [1.165, 1.54) is 0 Å². The standard InChI is InChI=1S/C10H15NO4Si/c1-8(16(13-2)14-3)15-10(12)9-4-6-11-7-5-9/h4-8,16H,1-3H3. The molecule has 1 aromatic rings. The zero-order valence-electron chi connectivity index (χ0n) is 9.54. The van der Waals surface area contributed by atoms with Gasteiger partial charge in [0.15, 0.2) is 0 Å². The highest BCUT2D eigenvalue weighted by molar-refractivity contribution is 6.46. The van der Waals surface area contributed by atoms with Gasteiger partial charge in [-0.3, -0.25) is 4.98 Å². The number of carbonyl (C=O) groups excluding carboxylic acids is 1. The van der Waals surface area contributed by atoms with Gasteiger partial charge in [0.2, 0.25) is 0 Å². The van der Waals surface area contributed by atoms with Crippen molar-refractivity contribution in [3.63, 3.8) is 0 Å². The monoisotopic (exact) mass is 241 g/mol. The van der Waals surface area contributed by atoms with Gasteiger partial charge in [-0.2, -0.15) is 0 Å². The molecule has 1 rings (SSSR count). The van der Waals surface area contributed by atoms with Gasteiger partial charge in [0.05, 0.1) is 5.56 Å². The Morgan fingerprint density at radius 2 is 1.88 bits per heavy atom. The molecule has 1 unspecified atom stereocenters. The molecule has 1 heterocycles. The molecule has 0 saturated carbocycles. The SMILES string of the molecule is CO[SiH](OC)C(C)OC(=O)c1ccncc1. The Balaban J connectivity index is 2.58. The van der Waals surface area contributed by atoms with Crippen LogP contribution in [0.15, 0.2) is 24.5 Å². The molecule has 0 aliphatic carbocycles. The number of pyridine rings is 1. The summed E-state index contributed by atoms with van der Waals surface area (Å²) in [5.41, 5.74) is 0.137. The van der Waals surface area contributed by atoms with Crippen molar-refractivity contribution in [2.75, 3.05) is 14.2 Å². The predicted octanol–water partition coefficient (Wildman–Crippen LogP) is 0.679. The van der Waals surface area contributed by atoms with Gasteiger partial charge in [-0.05, 0) is 19.1 Å². The number of rotatable bonds is 5. The number of ether oxygens (including phenoxy) is 1. The molecule has 0 fully saturated rings. The topological polar surface area (TPSA) is 57.7 Å². The van der Waals surface area contributed by atoms with Crippen LogP contribution in [0.5, 0.6) is 0 Å². The number of hydrogen-bond acceptors (Lipinski definition) is 5. The molecular formula is C10H15NO4Si. The van der Waals surface area contributed by atoms with Gasteiger partial charge in [0, 0.05) is 26.6 Å². The first kappa shape index (κ1) is 12.8. The lowest BCUT2D eigenvalue weighted by molar-refractivity contribution is 0.0396. The third-order valence-electron chi connectivity index (χ3n) is 2.06. The van der Waals surface area contributed by atoms with E-state index in [-0.39, 0.29) is 11.7 Å². The van der Waals surface area contributed by atoms with Crippen LogP contribution in [0.25, 0.3) is 0 Å². The summed E-state index contributed by atoms with van der Waals surface area (Å²) in [5, 5.41) is 0. The Hall–Kier alpha value is -1.24. The number of hydrogen-bond donors (Lipinski definition) is 0. The number of nitrogens with zero attached hydrogens (tertiary/aromatic N) is 1. The lowest BCUT2D eigenvalue weighted by atomic mass is 10.3. The smallest absolute Gasteiger partial charge is 0.363 e. The molecule has 88 valence electrons. The average molecular weight is 241 g/mol. The predicted molar refractivity (Wildman–Crippen MR) is 60.3 cm³/mol. The summed E-state index contributed by atoms with van der Waals surface area (Å²) in [6.45, 7) is 1.77. The van der Waals surface area contributed by atoms with Gasteiger partial charge in [-0.15, -0.1) is 0 Å². The van der Waals surface area contributed by atoms with Crippen LogP contribution in [0.3, 0.4) is 0 Å². The Morgan fingerprint density at radius 1 is 1.31 bits per heavy atom. The van der Waals surface area contributed by atoms with E-state index in [0.717, 1.165) is 0 Å². The van der Waals surface area contributed by atoms with E-state index in [1.807, 2.05) is 0 Å². The van der Waals surface area contributed by atoms with Gasteiger partial charge < -0.3 is 13.6 Å². The molecule has 1 aromatic heterocycles. The summed E-state index contributed by atoms with van der Waals surface area (Å²) in [6, 6.07) is 3.20. The molecule has 0 spiro atoms. The van der Waals surface area contributed by atoms with Gasteiger partial charge >= 0.3 is 15.3 Å². The molecule has 0 aliphatic rings. The van der Waals surface area contributed by atoms with E-state index in [9.17, 15) is 4.79 Å². The molecule has 0 aromatic carbocycles. The third-order valence-corrected chi connectivity index (χ3v) is 3.89. The maximum Gasteiger partial charge on any atom is 0.363 e. The highest BCUT2D eigenvalue weighted by atomic mass is 28.3. The minimum atomic E-state index is -1.92. The largest absolute Gasteiger partial charge is 0.457 e. The molecule has 5 nitrogen and oxygen atoms in total. The second-order valence-corrected chi connectivity index (χ2v) is 5.80. The minimum Gasteiger partial charge on any atom is -0.457 e. The Kier molecular flexibility index (Phi) is 5.10. The van der Waals surface area contributed by atoms with Crippen LogP contribution in [0.2, 0.25) is 0 Å². The molecule has 0 N–H and O–H groups in total. The van der Waals surface area contributed by atoms with E-state index in [4.69, 9.17) is 13.6 Å². The summed E-state index contributed by atoms with van der Waals surface area (Å²) < 4.78 is 15.5. The maximum absolute atomic E-state index is 11.7. The fourth-order valence-electron chi connectivity index (χ4n) is 1.26. The minimum absolute atomic E-state index is 0.337. The van der Waals surface area contributed by atoms with E-state index >= 15 is 0 Å². The van der Waals surface area contributed by atoms with Crippen LogP contribution in [-0.2, 0) is 13.6 Å². The lowest BCUT2D eigenvalue weighted by Gasteiger charge is -2.18. The zero-order chi connectivity index (χ0) is 12.0. The molecular weight excluding hydrogens is 226 g/mol. The highest BCUT2D eigenvalue weighted by Crippen LogP contribution is 2.05. The zero-order valence-corrected chi connectivity index (χ0v) is 10.7. The maximum atomic E-state index is 11.7. The van der Waals surface area contributed by atoms with Crippen LogP contribution < -0.4 is 0 Å². The number of esters is 1. The van der Waals surface area contributed by atoms with Crippen molar-refractivity contribution < 1.29 is 18.4 Å². The van der Waals surface area contributed by atoms with Crippen molar-refractivity contribution in [3.05, 3.63) is 30.1 Å². The van der Waals surface area contributed by atoms with Crippen molar-refractivity contribution in [2.24, 2.45) is 0 Å². The first-order valence-corrected chi connectivity index (χ1v) is 6.46. The Labute approximate surface area is 96.2 Å². The molecule has 0 aliphatic heterocycles. The van der Waals surface area contributed by atoms with Gasteiger partial charge in [-0.25, -0.2) is 4.79 Å². The lowest BCUT2D eigenvalue weighted by Crippen LogP contribution is -2.36. The fraction of sp³-hybridized carbons (Fsp3) is 0.400. The second-order valence-electron chi connectivity index (χ2n) is 3.19. The van der Waals surface area contributed by atoms with Crippen LogP contribution in [-0.4, -0.2) is 40.2 Å². The van der Waals surface area contributed by atoms with Gasteiger partial charge in [0.25, 0.3) is 0 Å². The van der Waals surface area contributed by atoms with Gasteiger partial charge in [-0.1, -0.05) is 0 Å². The van der Waals surface area contributed by atoms with Crippen LogP contribution >= 0.6 is 0 Å². The number of carbonyl (C=O) groups is 1. The summed E-state index contributed by atoms with van der Waals surface area (Å²) >= 11 is 0. The van der Waals surface area contributed by atoms with Crippen LogP contribution in [0.1, 0.15) is 17.3 Å². The third kappa shape index (κ3) is 3.40. The van der Waals surface area contributed by atoms with Crippen LogP contribution in [0.4, 0.5) is 0 Å². The molecule has 0 radical (unpaired) electrons. The Morgan fingerprint density at radius 3 is 2.38 bits per heavy atom. The summed E-state index contributed by atoms with van der Waals surface area (Å²) in [5.74, 6) is -0.387. The normalized spacial score (nSPS) is 12.5. The first-order chi connectivity index (χ1) is 7.69. The van der Waals surface area contributed by atoms with Crippen LogP contribution in [0, 0.1) is 0 Å². The fourth-order valence-corrected chi connectivity index (χ4v) is 2.45. The van der Waals surface area contributed by atoms with Crippen molar-refractivity contribution in [3.8, 4) is 0 Å². The van der Waals surface area contributed by atoms with Crippen molar-refractivity contribution in [1.82, 2.24) is 4.98 Å². The Bertz CT molecular complexity index is 329. The quantitative estimate of drug-likeness (QED) is 0.560. The van der Waals surface area contributed by atoms with Crippen molar-refractivity contribution >= 4 is 15.3 Å². The first-order valence-electron chi connectivity index (χ1n) is 4.85. The van der Waals surface area contributed by atoms with E-state index in [1.54, 1.807) is 45.7 Å². The molecule has 0 amide bonds. The average Bonchev–Trinajstić information content (AvgIpc) is 2.31. The molecule has 0 bridgehead atoms. The molecule has 1 atom stereocenters. The summed E-state index contributed by atoms with van der Waals surface area (Å²) in [4.78, 5) is 15.5. The van der Waals surface area contributed by atoms with Crippen molar-refractivity contribution in [1.29, 1.82) is 0 Å². The van der Waals surface area contributed by atoms with Gasteiger partial charge in [0.1, 0.15) is 5.73 Å². The number of aromatic nitrogens is 1.